The third-order valence-electron chi connectivity index (χ3n) is 9.58. The van der Waals surface area contributed by atoms with Crippen LogP contribution in [-0.4, -0.2) is 75.7 Å². The largest absolute Gasteiger partial charge is 0.472 e. The lowest BCUT2D eigenvalue weighted by molar-refractivity contribution is -0.161. The number of alkyl carbamates (subject to hydrolysis) is 1. The van der Waals surface area contributed by atoms with Crippen molar-refractivity contribution in [3.05, 3.63) is 24.3 Å². The van der Waals surface area contributed by atoms with E-state index in [0.717, 1.165) is 70.6 Å². The number of phosphoric acid groups is 1. The van der Waals surface area contributed by atoms with Gasteiger partial charge in [0.1, 0.15) is 13.2 Å². The van der Waals surface area contributed by atoms with E-state index in [1.807, 2.05) is 0 Å². The third-order valence-corrected chi connectivity index (χ3v) is 10.6. The molecule has 0 rings (SSSR count). The van der Waals surface area contributed by atoms with E-state index in [0.29, 0.717) is 12.8 Å². The van der Waals surface area contributed by atoms with E-state index in [2.05, 4.69) is 43.5 Å². The molecule has 0 radical (unpaired) electrons. The van der Waals surface area contributed by atoms with E-state index in [-0.39, 0.29) is 59.4 Å². The Morgan fingerprint density at radius 1 is 0.567 bits per heavy atom. The maximum atomic E-state index is 12.7. The summed E-state index contributed by atoms with van der Waals surface area (Å²) in [5.74, 6) is -0.924. The van der Waals surface area contributed by atoms with Gasteiger partial charge in [-0.25, -0.2) is 9.36 Å². The number of hydrogen-bond donors (Lipinski definition) is 3. The van der Waals surface area contributed by atoms with Gasteiger partial charge in [0.05, 0.1) is 19.8 Å². The Labute approximate surface area is 366 Å². The Kier molecular flexibility index (Phi) is 49.4. The second-order valence-electron chi connectivity index (χ2n) is 15.1. The van der Waals surface area contributed by atoms with Crippen LogP contribution in [0.1, 0.15) is 201 Å². The quantitative estimate of drug-likeness (QED) is 0.0173. The smallest absolute Gasteiger partial charge is 0.462 e. The summed E-state index contributed by atoms with van der Waals surface area (Å²) in [4.78, 5) is 47.0. The summed E-state index contributed by atoms with van der Waals surface area (Å²) in [5, 5.41) is 2.38. The molecule has 0 saturated heterocycles. The Balaban J connectivity index is -0.0000162. The minimum absolute atomic E-state index is 0. The molecule has 5 N–H and O–H groups in total. The number of nitrogens with one attached hydrogen (secondary N) is 1. The van der Waals surface area contributed by atoms with Gasteiger partial charge < -0.3 is 35.3 Å². The molecular weight excluding hydrogens is 787 g/mol. The molecular formula is C46H91N2O11P. The predicted octanol–water partition coefficient (Wildman–Crippen LogP) is 12.8. The van der Waals surface area contributed by atoms with Gasteiger partial charge >= 0.3 is 25.9 Å². The molecule has 356 valence electrons. The number of carbonyl (C=O) groups excluding carboxylic acids is 3. The number of allylic oxidation sites excluding steroid dienone is 4. The van der Waals surface area contributed by atoms with Gasteiger partial charge in [-0.3, -0.25) is 18.6 Å². The summed E-state index contributed by atoms with van der Waals surface area (Å²) in [5.41, 5.74) is 0. The minimum atomic E-state index is -4.58. The zero-order valence-corrected chi connectivity index (χ0v) is 38.5. The topological polar surface area (TPSA) is 191 Å². The van der Waals surface area contributed by atoms with Crippen LogP contribution in [0.15, 0.2) is 24.3 Å². The fraction of sp³-hybridized carbons (Fsp3) is 0.848. The van der Waals surface area contributed by atoms with Crippen molar-refractivity contribution < 1.29 is 51.8 Å². The van der Waals surface area contributed by atoms with Crippen molar-refractivity contribution in [3.8, 4) is 0 Å². The predicted molar refractivity (Wildman–Crippen MR) is 244 cm³/mol. The normalized spacial score (nSPS) is 12.7. The molecule has 60 heavy (non-hydrogen) atoms. The molecule has 2 atom stereocenters. The number of carbonyl (C=O) groups is 3. The number of hydrogen-bond acceptors (Lipinski definition) is 11. The average molecular weight is 879 g/mol. The van der Waals surface area contributed by atoms with E-state index < -0.39 is 38.6 Å². The molecule has 0 aliphatic carbocycles. The Bertz CT molecular complexity index is 1080. The van der Waals surface area contributed by atoms with Gasteiger partial charge in [-0.05, 0) is 64.2 Å². The van der Waals surface area contributed by atoms with E-state index in [4.69, 9.17) is 28.0 Å². The van der Waals surface area contributed by atoms with Gasteiger partial charge in [0, 0.05) is 26.5 Å². The van der Waals surface area contributed by atoms with Gasteiger partial charge in [0.25, 0.3) is 0 Å². The first kappa shape index (κ1) is 62.0. The van der Waals surface area contributed by atoms with Crippen LogP contribution in [0.25, 0.3) is 0 Å². The zero-order valence-electron chi connectivity index (χ0n) is 37.6. The molecule has 0 fully saturated rings. The first-order chi connectivity index (χ1) is 28.2. The van der Waals surface area contributed by atoms with Gasteiger partial charge in [0.15, 0.2) is 6.10 Å². The highest BCUT2D eigenvalue weighted by Gasteiger charge is 2.26. The minimum Gasteiger partial charge on any atom is -0.462 e. The van der Waals surface area contributed by atoms with Crippen molar-refractivity contribution in [2.45, 2.75) is 207 Å². The maximum Gasteiger partial charge on any atom is 0.472 e. The molecule has 13 nitrogen and oxygen atoms in total. The molecule has 0 aliphatic heterocycles. The zero-order chi connectivity index (χ0) is 42.6. The van der Waals surface area contributed by atoms with Gasteiger partial charge in [0.2, 0.25) is 0 Å². The summed E-state index contributed by atoms with van der Waals surface area (Å²) in [6.07, 6.45) is 37.7. The van der Waals surface area contributed by atoms with Crippen molar-refractivity contribution in [2.24, 2.45) is 0 Å². The number of esters is 2. The fourth-order valence-electron chi connectivity index (χ4n) is 6.10. The summed E-state index contributed by atoms with van der Waals surface area (Å²) in [6, 6.07) is 0. The van der Waals surface area contributed by atoms with E-state index in [9.17, 15) is 23.8 Å². The second kappa shape index (κ2) is 47.8. The first-order valence-corrected chi connectivity index (χ1v) is 24.4. The molecule has 1 unspecified atom stereocenters. The monoisotopic (exact) mass is 879 g/mol. The van der Waals surface area contributed by atoms with Crippen LogP contribution < -0.4 is 11.5 Å². The fourth-order valence-corrected chi connectivity index (χ4v) is 6.85. The molecule has 0 saturated carbocycles. The third kappa shape index (κ3) is 46.8. The van der Waals surface area contributed by atoms with Crippen molar-refractivity contribution in [1.29, 1.82) is 0 Å². The first-order valence-electron chi connectivity index (χ1n) is 22.9. The van der Waals surface area contributed by atoms with E-state index in [1.54, 1.807) is 0 Å². The van der Waals surface area contributed by atoms with Crippen LogP contribution in [-0.2, 0) is 42.1 Å². The number of amides is 1. The van der Waals surface area contributed by atoms with Crippen LogP contribution in [0.2, 0.25) is 0 Å². The molecule has 0 aromatic rings. The van der Waals surface area contributed by atoms with Gasteiger partial charge in [-0.1, -0.05) is 148 Å². The number of ether oxygens (including phenoxy) is 4. The highest BCUT2D eigenvalue weighted by atomic mass is 31.2. The van der Waals surface area contributed by atoms with E-state index >= 15 is 0 Å². The summed E-state index contributed by atoms with van der Waals surface area (Å²) < 4.78 is 43.1. The van der Waals surface area contributed by atoms with Crippen LogP contribution in [0.3, 0.4) is 0 Å². The standard InChI is InChI=1S/C45H84NO11P.CH4.H3N/c1-4-6-8-10-12-14-16-18-20-22-24-26-28-30-32-34-43(47)54-40-42(41-56-58(50,51)55-37-36-46-45(49)53-39-38-52-3)57-44(48)35-33-31-29-27-25-23-21-19-17-15-13-11-9-7-5-2;;/h18-21,42H,4-17,22-41H2,1-3H3,(H,46,49)(H,50,51);1H4;1H3/t42-;;/m1../s1. The van der Waals surface area contributed by atoms with Crippen molar-refractivity contribution in [3.63, 3.8) is 0 Å². The maximum absolute atomic E-state index is 12.7. The van der Waals surface area contributed by atoms with Crippen LogP contribution in [0.5, 0.6) is 0 Å². The second-order valence-corrected chi connectivity index (χ2v) is 16.6. The lowest BCUT2D eigenvalue weighted by Gasteiger charge is -2.20. The number of methoxy groups -OCH3 is 1. The number of unbranched alkanes of at least 4 members (excludes halogenated alkanes) is 22. The number of phosphoric ester groups is 1. The van der Waals surface area contributed by atoms with E-state index in [1.165, 1.54) is 90.6 Å². The highest BCUT2D eigenvalue weighted by Crippen LogP contribution is 2.43. The lowest BCUT2D eigenvalue weighted by Crippen LogP contribution is -2.30. The molecule has 0 aliphatic rings. The molecule has 0 heterocycles. The SMILES string of the molecule is C.CCCCCCCCC=CCCCCCCCC(=O)OC[C@H](COP(=O)(O)OCCNC(=O)OCCOC)OC(=O)CCCCCCCC=CCCCCCCCC.N. The van der Waals surface area contributed by atoms with Crippen molar-refractivity contribution in [1.82, 2.24) is 11.5 Å². The average Bonchev–Trinajstić information content (AvgIpc) is 3.20. The molecule has 0 bridgehead atoms. The summed E-state index contributed by atoms with van der Waals surface area (Å²) in [6.45, 7) is 3.51. The lowest BCUT2D eigenvalue weighted by atomic mass is 10.1. The molecule has 0 spiro atoms. The highest BCUT2D eigenvalue weighted by molar-refractivity contribution is 7.47. The number of rotatable bonds is 43. The molecule has 0 aromatic heterocycles. The summed E-state index contributed by atoms with van der Waals surface area (Å²) in [7, 11) is -3.10. The Morgan fingerprint density at radius 2 is 1.00 bits per heavy atom. The van der Waals surface area contributed by atoms with Crippen LogP contribution in [0.4, 0.5) is 4.79 Å². The summed E-state index contributed by atoms with van der Waals surface area (Å²) >= 11 is 0. The van der Waals surface area contributed by atoms with Gasteiger partial charge in [-0.15, -0.1) is 0 Å². The molecule has 14 heteroatoms. The molecule has 1 amide bonds. The Morgan fingerprint density at radius 3 is 1.47 bits per heavy atom. The van der Waals surface area contributed by atoms with Gasteiger partial charge in [-0.2, -0.15) is 0 Å². The van der Waals surface area contributed by atoms with Crippen molar-refractivity contribution in [2.75, 3.05) is 46.7 Å². The van der Waals surface area contributed by atoms with Crippen molar-refractivity contribution >= 4 is 25.9 Å². The van der Waals surface area contributed by atoms with Crippen LogP contribution >= 0.6 is 7.82 Å². The Hall–Kier alpha value is -2.28. The van der Waals surface area contributed by atoms with Crippen LogP contribution in [0, 0.1) is 0 Å². The molecule has 0 aromatic carbocycles.